The number of hydrogen-bond donors (Lipinski definition) is 0. The van der Waals surface area contributed by atoms with Crippen molar-refractivity contribution in [1.29, 1.82) is 0 Å². The van der Waals surface area contributed by atoms with Crippen LogP contribution < -0.4 is 14.5 Å². The Labute approximate surface area is 208 Å². The summed E-state index contributed by atoms with van der Waals surface area (Å²) in [7, 11) is 2.16. The van der Waals surface area contributed by atoms with Crippen LogP contribution in [0.15, 0.2) is 36.4 Å². The number of alkyl halides is 3. The van der Waals surface area contributed by atoms with Gasteiger partial charge < -0.3 is 14.2 Å². The summed E-state index contributed by atoms with van der Waals surface area (Å²) in [6, 6.07) is 7.42. The normalized spacial score (nSPS) is 14.9. The van der Waals surface area contributed by atoms with Crippen molar-refractivity contribution in [2.24, 2.45) is 11.8 Å². The molecule has 0 atom stereocenters. The summed E-state index contributed by atoms with van der Waals surface area (Å²) in [6.07, 6.45) is -4.68. The van der Waals surface area contributed by atoms with Crippen LogP contribution in [0.25, 0.3) is 11.1 Å². The lowest BCUT2D eigenvalue weighted by Crippen LogP contribution is -2.41. The first kappa shape index (κ1) is 25.9. The molecule has 2 aliphatic carbocycles. The van der Waals surface area contributed by atoms with Crippen LogP contribution in [0.4, 0.5) is 34.4 Å². The van der Waals surface area contributed by atoms with Gasteiger partial charge in [-0.25, -0.2) is 14.6 Å². The van der Waals surface area contributed by atoms with Crippen molar-refractivity contribution in [3.8, 4) is 16.9 Å². The fraction of sp³-hybridized carbons (Fsp3) is 0.375. The van der Waals surface area contributed by atoms with E-state index in [-0.39, 0.29) is 17.2 Å². The molecule has 0 radical (unpaired) electrons. The molecule has 13 heteroatoms. The second-order valence-electron chi connectivity index (χ2n) is 8.48. The average Bonchev–Trinajstić information content (AvgIpc) is 3.76. The van der Waals surface area contributed by atoms with Crippen molar-refractivity contribution in [2.75, 3.05) is 24.0 Å². The number of halogens is 3. The number of benzene rings is 1. The van der Waals surface area contributed by atoms with Crippen LogP contribution in [0, 0.1) is 11.8 Å². The summed E-state index contributed by atoms with van der Waals surface area (Å²) < 4.78 is 51.1. The summed E-state index contributed by atoms with van der Waals surface area (Å²) in [5.74, 6) is -2.92. The Balaban J connectivity index is 1.83. The highest BCUT2D eigenvalue weighted by Gasteiger charge is 2.41. The van der Waals surface area contributed by atoms with E-state index in [1.165, 1.54) is 24.3 Å². The van der Waals surface area contributed by atoms with Gasteiger partial charge in [0, 0.05) is 11.8 Å². The third-order valence-electron chi connectivity index (χ3n) is 5.69. The van der Waals surface area contributed by atoms with E-state index in [2.05, 4.69) is 9.72 Å². The molecule has 4 amide bonds. The number of carbonyl (C=O) groups excluding carboxylic acids is 4. The number of imide groups is 2. The molecule has 1 aromatic heterocycles. The molecular weight excluding hydrogens is 499 g/mol. The zero-order chi connectivity index (χ0) is 26.9. The van der Waals surface area contributed by atoms with E-state index in [1.807, 2.05) is 0 Å². The Morgan fingerprint density at radius 2 is 1.22 bits per heavy atom. The number of rotatable bonds is 6. The minimum atomic E-state index is -4.88. The van der Waals surface area contributed by atoms with Gasteiger partial charge in [-0.2, -0.15) is 9.80 Å². The van der Waals surface area contributed by atoms with Crippen molar-refractivity contribution in [1.82, 2.24) is 4.98 Å². The minimum Gasteiger partial charge on any atom is -0.452 e. The summed E-state index contributed by atoms with van der Waals surface area (Å²) in [4.78, 5) is 56.7. The van der Waals surface area contributed by atoms with Crippen LogP contribution in [0.2, 0.25) is 0 Å². The van der Waals surface area contributed by atoms with Crippen LogP contribution in [0.1, 0.15) is 25.7 Å². The van der Waals surface area contributed by atoms with Crippen molar-refractivity contribution in [3.63, 3.8) is 0 Å². The monoisotopic (exact) mass is 521 g/mol. The Kier molecular flexibility index (Phi) is 7.05. The average molecular weight is 521 g/mol. The fourth-order valence-electron chi connectivity index (χ4n) is 3.55. The van der Waals surface area contributed by atoms with E-state index in [4.69, 9.17) is 9.47 Å². The van der Waals surface area contributed by atoms with Crippen molar-refractivity contribution in [2.45, 2.75) is 32.0 Å². The van der Waals surface area contributed by atoms with Crippen LogP contribution >= 0.6 is 0 Å². The molecule has 2 aromatic rings. The third kappa shape index (κ3) is 5.98. The molecule has 0 bridgehead atoms. The van der Waals surface area contributed by atoms with E-state index < -0.39 is 47.9 Å². The lowest BCUT2D eigenvalue weighted by Gasteiger charge is -2.23. The van der Waals surface area contributed by atoms with Gasteiger partial charge in [-0.05, 0) is 61.1 Å². The van der Waals surface area contributed by atoms with Gasteiger partial charge in [-0.1, -0.05) is 12.1 Å². The SMILES string of the molecule is COC(=O)N(C(=O)C1CC1)c1cc(-c2ccc(OC(F)(F)F)cc2)cc(N(C(=O)OC)C(=O)C2CC2)n1. The van der Waals surface area contributed by atoms with Crippen LogP contribution in [0.3, 0.4) is 0 Å². The first-order valence-electron chi connectivity index (χ1n) is 11.2. The topological polar surface area (TPSA) is 115 Å². The first-order valence-corrected chi connectivity index (χ1v) is 11.2. The molecule has 0 N–H and O–H groups in total. The minimum absolute atomic E-state index is 0.232. The maximum absolute atomic E-state index is 12.9. The maximum Gasteiger partial charge on any atom is 0.573 e. The zero-order valence-corrected chi connectivity index (χ0v) is 19.8. The molecule has 1 aromatic carbocycles. The van der Waals surface area contributed by atoms with Gasteiger partial charge in [0.1, 0.15) is 17.4 Å². The number of carbonyl (C=O) groups is 4. The maximum atomic E-state index is 12.9. The van der Waals surface area contributed by atoms with Crippen molar-refractivity contribution < 1.29 is 46.6 Å². The molecular formula is C24H22F3N3O7. The Bertz CT molecular complexity index is 1160. The number of hydrogen-bond acceptors (Lipinski definition) is 8. The Hall–Kier alpha value is -4.16. The largest absolute Gasteiger partial charge is 0.573 e. The molecule has 37 heavy (non-hydrogen) atoms. The smallest absolute Gasteiger partial charge is 0.452 e. The summed E-state index contributed by atoms with van der Waals surface area (Å²) in [5.41, 5.74) is 0.570. The van der Waals surface area contributed by atoms with E-state index >= 15 is 0 Å². The van der Waals surface area contributed by atoms with Gasteiger partial charge in [0.25, 0.3) is 0 Å². The van der Waals surface area contributed by atoms with E-state index in [0.717, 1.165) is 26.4 Å². The Morgan fingerprint density at radius 1 is 0.784 bits per heavy atom. The lowest BCUT2D eigenvalue weighted by atomic mass is 10.1. The molecule has 0 unspecified atom stereocenters. The van der Waals surface area contributed by atoms with Crippen LogP contribution in [-0.2, 0) is 19.1 Å². The number of methoxy groups -OCH3 is 2. The van der Waals surface area contributed by atoms with Gasteiger partial charge in [-0.15, -0.1) is 13.2 Å². The summed E-state index contributed by atoms with van der Waals surface area (Å²) >= 11 is 0. The third-order valence-corrected chi connectivity index (χ3v) is 5.69. The molecule has 0 aliphatic heterocycles. The summed E-state index contributed by atoms with van der Waals surface area (Å²) in [6.45, 7) is 0. The highest BCUT2D eigenvalue weighted by atomic mass is 19.4. The zero-order valence-electron chi connectivity index (χ0n) is 19.8. The highest BCUT2D eigenvalue weighted by molar-refractivity contribution is 6.15. The number of anilines is 2. The molecule has 196 valence electrons. The number of amides is 4. The van der Waals surface area contributed by atoms with Crippen LogP contribution in [-0.4, -0.2) is 49.6 Å². The quantitative estimate of drug-likeness (QED) is 0.539. The van der Waals surface area contributed by atoms with E-state index in [1.54, 1.807) is 0 Å². The van der Waals surface area contributed by atoms with Gasteiger partial charge >= 0.3 is 18.5 Å². The fourth-order valence-corrected chi connectivity index (χ4v) is 3.55. The Morgan fingerprint density at radius 3 is 1.57 bits per heavy atom. The van der Waals surface area contributed by atoms with Gasteiger partial charge in [0.05, 0.1) is 14.2 Å². The van der Waals surface area contributed by atoms with E-state index in [9.17, 15) is 32.3 Å². The molecule has 0 spiro atoms. The molecule has 0 saturated heterocycles. The second kappa shape index (κ2) is 10.1. The molecule has 2 saturated carbocycles. The molecule has 2 aliphatic rings. The predicted molar refractivity (Wildman–Crippen MR) is 122 cm³/mol. The standard InChI is InChI=1S/C24H22F3N3O7/c1-35-22(33)29(20(31)14-3-4-14)18-11-16(13-7-9-17(10-8-13)37-24(25,26)27)12-19(28-18)30(23(34)36-2)21(32)15-5-6-15/h7-12,14-15H,3-6H2,1-2H3. The van der Waals surface area contributed by atoms with Crippen LogP contribution in [0.5, 0.6) is 5.75 Å². The van der Waals surface area contributed by atoms with Crippen molar-refractivity contribution >= 4 is 35.6 Å². The first-order chi connectivity index (χ1) is 17.5. The molecule has 1 heterocycles. The van der Waals surface area contributed by atoms with Gasteiger partial charge in [-0.3, -0.25) is 9.59 Å². The number of ether oxygens (including phenoxy) is 3. The molecule has 4 rings (SSSR count). The molecule has 2 fully saturated rings. The summed E-state index contributed by atoms with van der Waals surface area (Å²) in [5, 5.41) is 0. The predicted octanol–water partition coefficient (Wildman–Crippen LogP) is 4.67. The highest BCUT2D eigenvalue weighted by Crippen LogP contribution is 2.37. The molecule has 10 nitrogen and oxygen atoms in total. The number of aromatic nitrogens is 1. The number of pyridine rings is 1. The van der Waals surface area contributed by atoms with Gasteiger partial charge in [0.15, 0.2) is 0 Å². The van der Waals surface area contributed by atoms with E-state index in [0.29, 0.717) is 41.0 Å². The van der Waals surface area contributed by atoms with Crippen molar-refractivity contribution in [3.05, 3.63) is 36.4 Å². The van der Waals surface area contributed by atoms with Gasteiger partial charge in [0.2, 0.25) is 11.8 Å². The number of nitrogens with zero attached hydrogens (tertiary/aromatic N) is 3. The lowest BCUT2D eigenvalue weighted by molar-refractivity contribution is -0.274. The second-order valence-corrected chi connectivity index (χ2v) is 8.48.